The summed E-state index contributed by atoms with van der Waals surface area (Å²) in [5.74, 6) is 0.262. The molecule has 0 radical (unpaired) electrons. The molecule has 2 aromatic rings. The number of anilines is 1. The summed E-state index contributed by atoms with van der Waals surface area (Å²) in [6.45, 7) is 2.37. The summed E-state index contributed by atoms with van der Waals surface area (Å²) in [4.78, 5) is 23.9. The molecular weight excluding hydrogens is 304 g/mol. The Hall–Kier alpha value is -2.82. The number of para-hydroxylation sites is 1. The number of rotatable bonds is 6. The molecule has 1 aliphatic rings. The van der Waals surface area contributed by atoms with E-state index in [0.717, 1.165) is 16.8 Å². The number of hydrogen-bond donors (Lipinski definition) is 2. The number of nitrogens with one attached hydrogen (secondary N) is 2. The molecule has 0 aromatic heterocycles. The molecule has 5 nitrogen and oxygen atoms in total. The third-order valence-corrected chi connectivity index (χ3v) is 4.03. The van der Waals surface area contributed by atoms with Crippen molar-refractivity contribution < 1.29 is 14.3 Å². The topological polar surface area (TPSA) is 67.4 Å². The molecule has 2 N–H and O–H groups in total. The molecule has 24 heavy (non-hydrogen) atoms. The second-order valence-electron chi connectivity index (χ2n) is 5.87. The molecule has 1 atom stereocenters. The standard InChI is InChI=1S/C19H20N2O3/c1-13-5-4-6-14(11-13)24-12-18(22)20-10-9-16-15-7-2-3-8-17(15)21-19(16)23/h2-8,11,16H,9-10,12H2,1H3,(H,20,22)(H,21,23). The van der Waals surface area contributed by atoms with Crippen molar-refractivity contribution in [2.45, 2.75) is 19.3 Å². The second-order valence-corrected chi connectivity index (χ2v) is 5.87. The summed E-state index contributed by atoms with van der Waals surface area (Å²) in [5, 5.41) is 5.66. The van der Waals surface area contributed by atoms with Crippen LogP contribution in [-0.2, 0) is 9.59 Å². The van der Waals surface area contributed by atoms with Crippen molar-refractivity contribution >= 4 is 17.5 Å². The van der Waals surface area contributed by atoms with Crippen molar-refractivity contribution in [3.8, 4) is 5.75 Å². The number of carbonyl (C=O) groups excluding carboxylic acids is 2. The predicted molar refractivity (Wildman–Crippen MR) is 92.1 cm³/mol. The van der Waals surface area contributed by atoms with Crippen LogP contribution in [0.25, 0.3) is 0 Å². The quantitative estimate of drug-likeness (QED) is 0.858. The lowest BCUT2D eigenvalue weighted by Gasteiger charge is -2.11. The molecule has 1 unspecified atom stereocenters. The van der Waals surface area contributed by atoms with Gasteiger partial charge in [-0.2, -0.15) is 0 Å². The van der Waals surface area contributed by atoms with Crippen LogP contribution in [0.3, 0.4) is 0 Å². The zero-order valence-electron chi connectivity index (χ0n) is 13.5. The van der Waals surface area contributed by atoms with Crippen LogP contribution in [0.2, 0.25) is 0 Å². The summed E-state index contributed by atoms with van der Waals surface area (Å²) in [6, 6.07) is 15.2. The van der Waals surface area contributed by atoms with Crippen molar-refractivity contribution in [2.24, 2.45) is 0 Å². The van der Waals surface area contributed by atoms with Crippen molar-refractivity contribution in [3.05, 3.63) is 59.7 Å². The lowest BCUT2D eigenvalue weighted by Crippen LogP contribution is -2.31. The maximum absolute atomic E-state index is 12.0. The summed E-state index contributed by atoms with van der Waals surface area (Å²) in [7, 11) is 0. The highest BCUT2D eigenvalue weighted by Gasteiger charge is 2.29. The minimum atomic E-state index is -0.209. The molecule has 0 saturated heterocycles. The second kappa shape index (κ2) is 7.17. The van der Waals surface area contributed by atoms with E-state index in [9.17, 15) is 9.59 Å². The molecule has 0 spiro atoms. The number of hydrogen-bond acceptors (Lipinski definition) is 3. The SMILES string of the molecule is Cc1cccc(OCC(=O)NCCC2C(=O)Nc3ccccc32)c1. The zero-order valence-corrected chi connectivity index (χ0v) is 13.5. The Kier molecular flexibility index (Phi) is 4.79. The Bertz CT molecular complexity index is 758. The van der Waals surface area contributed by atoms with Gasteiger partial charge in [-0.15, -0.1) is 0 Å². The fraction of sp³-hybridized carbons (Fsp3) is 0.263. The maximum Gasteiger partial charge on any atom is 0.257 e. The third-order valence-electron chi connectivity index (χ3n) is 4.03. The first kappa shape index (κ1) is 16.1. The molecule has 2 aromatic carbocycles. The molecule has 1 aliphatic heterocycles. The lowest BCUT2D eigenvalue weighted by atomic mass is 9.97. The summed E-state index contributed by atoms with van der Waals surface area (Å²) < 4.78 is 5.46. The van der Waals surface area contributed by atoms with Crippen LogP contribution in [-0.4, -0.2) is 25.0 Å². The smallest absolute Gasteiger partial charge is 0.257 e. The van der Waals surface area contributed by atoms with E-state index < -0.39 is 0 Å². The van der Waals surface area contributed by atoms with Gasteiger partial charge in [-0.1, -0.05) is 30.3 Å². The number of ether oxygens (including phenoxy) is 1. The number of fused-ring (bicyclic) bond motifs is 1. The molecule has 0 fully saturated rings. The molecule has 124 valence electrons. The normalized spacial score (nSPS) is 15.5. The fourth-order valence-corrected chi connectivity index (χ4v) is 2.82. The van der Waals surface area contributed by atoms with E-state index in [-0.39, 0.29) is 24.3 Å². The van der Waals surface area contributed by atoms with Gasteiger partial charge in [0.2, 0.25) is 5.91 Å². The van der Waals surface area contributed by atoms with E-state index in [4.69, 9.17) is 4.74 Å². The monoisotopic (exact) mass is 324 g/mol. The average Bonchev–Trinajstić information content (AvgIpc) is 2.89. The highest BCUT2D eigenvalue weighted by Crippen LogP contribution is 2.33. The highest BCUT2D eigenvalue weighted by atomic mass is 16.5. The summed E-state index contributed by atoms with van der Waals surface area (Å²) in [5.41, 5.74) is 2.94. The van der Waals surface area contributed by atoms with Gasteiger partial charge < -0.3 is 15.4 Å². The summed E-state index contributed by atoms with van der Waals surface area (Å²) >= 11 is 0. The first-order chi connectivity index (χ1) is 11.6. The van der Waals surface area contributed by atoms with Gasteiger partial charge in [-0.25, -0.2) is 0 Å². The van der Waals surface area contributed by atoms with Gasteiger partial charge in [0.15, 0.2) is 6.61 Å². The molecule has 0 bridgehead atoms. The lowest BCUT2D eigenvalue weighted by molar-refractivity contribution is -0.123. The van der Waals surface area contributed by atoms with Crippen molar-refractivity contribution in [1.82, 2.24) is 5.32 Å². The first-order valence-electron chi connectivity index (χ1n) is 7.99. The van der Waals surface area contributed by atoms with Gasteiger partial charge in [0.1, 0.15) is 5.75 Å². The van der Waals surface area contributed by atoms with E-state index in [1.54, 1.807) is 0 Å². The van der Waals surface area contributed by atoms with Crippen molar-refractivity contribution in [2.75, 3.05) is 18.5 Å². The largest absolute Gasteiger partial charge is 0.484 e. The Balaban J connectivity index is 1.45. The van der Waals surface area contributed by atoms with Gasteiger partial charge in [0, 0.05) is 12.2 Å². The first-order valence-corrected chi connectivity index (χ1v) is 7.99. The molecule has 0 saturated carbocycles. The Morgan fingerprint density at radius 2 is 2.04 bits per heavy atom. The minimum Gasteiger partial charge on any atom is -0.484 e. The number of aryl methyl sites for hydroxylation is 1. The van der Waals surface area contributed by atoms with Crippen LogP contribution >= 0.6 is 0 Å². The van der Waals surface area contributed by atoms with Crippen LogP contribution in [0.1, 0.15) is 23.5 Å². The average molecular weight is 324 g/mol. The van der Waals surface area contributed by atoms with Crippen LogP contribution in [0.15, 0.2) is 48.5 Å². The van der Waals surface area contributed by atoms with Crippen LogP contribution in [0.4, 0.5) is 5.69 Å². The van der Waals surface area contributed by atoms with E-state index in [1.807, 2.05) is 55.5 Å². The third kappa shape index (κ3) is 3.74. The van der Waals surface area contributed by atoms with E-state index in [2.05, 4.69) is 10.6 Å². The van der Waals surface area contributed by atoms with Crippen LogP contribution in [0.5, 0.6) is 5.75 Å². The van der Waals surface area contributed by atoms with E-state index >= 15 is 0 Å². The maximum atomic E-state index is 12.0. The Morgan fingerprint density at radius 3 is 2.88 bits per heavy atom. The van der Waals surface area contributed by atoms with Crippen LogP contribution in [0, 0.1) is 6.92 Å². The van der Waals surface area contributed by atoms with Crippen LogP contribution < -0.4 is 15.4 Å². The molecular formula is C19H20N2O3. The van der Waals surface area contributed by atoms with E-state index in [0.29, 0.717) is 18.7 Å². The Labute approximate surface area is 141 Å². The van der Waals surface area contributed by atoms with Crippen molar-refractivity contribution in [3.63, 3.8) is 0 Å². The van der Waals surface area contributed by atoms with Gasteiger partial charge in [0.05, 0.1) is 5.92 Å². The van der Waals surface area contributed by atoms with Crippen molar-refractivity contribution in [1.29, 1.82) is 0 Å². The van der Waals surface area contributed by atoms with Gasteiger partial charge in [-0.05, 0) is 42.7 Å². The molecule has 1 heterocycles. The number of amides is 2. The molecule has 3 rings (SSSR count). The fourth-order valence-electron chi connectivity index (χ4n) is 2.82. The highest BCUT2D eigenvalue weighted by molar-refractivity contribution is 6.02. The Morgan fingerprint density at radius 1 is 1.21 bits per heavy atom. The molecule has 2 amide bonds. The molecule has 0 aliphatic carbocycles. The number of carbonyl (C=O) groups is 2. The predicted octanol–water partition coefficient (Wildman–Crippen LogP) is 2.62. The van der Waals surface area contributed by atoms with Gasteiger partial charge in [-0.3, -0.25) is 9.59 Å². The molecule has 5 heteroatoms. The number of benzene rings is 2. The summed E-state index contributed by atoms with van der Waals surface area (Å²) in [6.07, 6.45) is 0.568. The minimum absolute atomic E-state index is 0.0125. The zero-order chi connectivity index (χ0) is 16.9. The van der Waals surface area contributed by atoms with Gasteiger partial charge >= 0.3 is 0 Å². The van der Waals surface area contributed by atoms with E-state index in [1.165, 1.54) is 0 Å². The van der Waals surface area contributed by atoms with Gasteiger partial charge in [0.25, 0.3) is 5.91 Å².